The molecule has 0 aromatic heterocycles. The van der Waals surface area contributed by atoms with Crippen molar-refractivity contribution >= 4 is 17.4 Å². The third-order valence-corrected chi connectivity index (χ3v) is 3.64. The third kappa shape index (κ3) is 4.86. The van der Waals surface area contributed by atoms with E-state index in [1.54, 1.807) is 24.3 Å². The Morgan fingerprint density at radius 2 is 1.77 bits per heavy atom. The molecule has 0 aliphatic carbocycles. The normalized spacial score (nSPS) is 11.9. The summed E-state index contributed by atoms with van der Waals surface area (Å²) in [7, 11) is 0. The van der Waals surface area contributed by atoms with Crippen LogP contribution in [0.4, 0.5) is 0 Å². The van der Waals surface area contributed by atoms with Gasteiger partial charge in [-0.3, -0.25) is 4.79 Å². The van der Waals surface area contributed by atoms with Crippen molar-refractivity contribution in [2.24, 2.45) is 0 Å². The molecule has 1 unspecified atom stereocenters. The third-order valence-electron chi connectivity index (χ3n) is 3.28. The highest BCUT2D eigenvalue weighted by molar-refractivity contribution is 6.18. The molecular weight excluding hydrogens is 300 g/mol. The van der Waals surface area contributed by atoms with Crippen molar-refractivity contribution in [3.63, 3.8) is 0 Å². The van der Waals surface area contributed by atoms with Crippen molar-refractivity contribution in [2.45, 2.75) is 18.9 Å². The molecule has 22 heavy (non-hydrogen) atoms. The van der Waals surface area contributed by atoms with Crippen molar-refractivity contribution in [3.05, 3.63) is 65.7 Å². The molecule has 0 radical (unpaired) electrons. The summed E-state index contributed by atoms with van der Waals surface area (Å²) in [5, 5.41) is 9.46. The van der Waals surface area contributed by atoms with Gasteiger partial charge in [0.1, 0.15) is 18.5 Å². The Labute approximate surface area is 135 Å². The molecule has 0 aliphatic rings. The van der Waals surface area contributed by atoms with Gasteiger partial charge in [-0.05, 0) is 24.1 Å². The van der Waals surface area contributed by atoms with Gasteiger partial charge in [0.05, 0.1) is 11.4 Å². The first kappa shape index (κ1) is 16.5. The molecule has 0 aliphatic heterocycles. The van der Waals surface area contributed by atoms with E-state index in [0.29, 0.717) is 24.2 Å². The first-order valence-electron chi connectivity index (χ1n) is 7.23. The number of aliphatic hydroxyl groups excluding tert-OH is 1. The van der Waals surface area contributed by atoms with Crippen molar-refractivity contribution in [1.82, 2.24) is 0 Å². The maximum absolute atomic E-state index is 12.4. The number of benzene rings is 2. The molecule has 0 fully saturated rings. The van der Waals surface area contributed by atoms with Crippen LogP contribution in [0.15, 0.2) is 54.6 Å². The first-order chi connectivity index (χ1) is 10.7. The summed E-state index contributed by atoms with van der Waals surface area (Å²) >= 11 is 5.54. The molecule has 0 saturated heterocycles. The molecule has 3 nitrogen and oxygen atoms in total. The zero-order valence-electron chi connectivity index (χ0n) is 12.2. The predicted octanol–water partition coefficient (Wildman–Crippen LogP) is 3.48. The van der Waals surface area contributed by atoms with Crippen LogP contribution in [0.2, 0.25) is 0 Å². The summed E-state index contributed by atoms with van der Waals surface area (Å²) in [4.78, 5) is 12.4. The lowest BCUT2D eigenvalue weighted by Gasteiger charge is -2.13. The fraction of sp³-hybridized carbons (Fsp3) is 0.278. The number of alkyl halides is 1. The second-order valence-corrected chi connectivity index (χ2v) is 5.33. The smallest absolute Gasteiger partial charge is 0.166 e. The van der Waals surface area contributed by atoms with E-state index in [1.807, 2.05) is 30.3 Å². The highest BCUT2D eigenvalue weighted by Gasteiger charge is 2.13. The molecule has 0 saturated carbocycles. The Morgan fingerprint density at radius 1 is 1.09 bits per heavy atom. The Bertz CT molecular complexity index is 598. The minimum absolute atomic E-state index is 0.0276. The summed E-state index contributed by atoms with van der Waals surface area (Å²) in [6.45, 7) is 0.0759. The van der Waals surface area contributed by atoms with Crippen LogP contribution in [0.25, 0.3) is 0 Å². The molecular formula is C18H19ClO3. The van der Waals surface area contributed by atoms with Crippen LogP contribution in [0, 0.1) is 0 Å². The number of para-hydroxylation sites is 1. The fourth-order valence-corrected chi connectivity index (χ4v) is 2.18. The highest BCUT2D eigenvalue weighted by atomic mass is 35.5. The topological polar surface area (TPSA) is 46.5 Å². The van der Waals surface area contributed by atoms with Gasteiger partial charge < -0.3 is 9.84 Å². The largest absolute Gasteiger partial charge is 0.490 e. The van der Waals surface area contributed by atoms with E-state index in [9.17, 15) is 9.90 Å². The summed E-state index contributed by atoms with van der Waals surface area (Å²) in [6.07, 6.45) is 0.370. The number of aryl methyl sites for hydroxylation is 1. The summed E-state index contributed by atoms with van der Waals surface area (Å²) in [6, 6.07) is 17.0. The molecule has 0 spiro atoms. The van der Waals surface area contributed by atoms with E-state index < -0.39 is 6.10 Å². The van der Waals surface area contributed by atoms with Gasteiger partial charge in [-0.25, -0.2) is 0 Å². The van der Waals surface area contributed by atoms with Gasteiger partial charge >= 0.3 is 0 Å². The Morgan fingerprint density at radius 3 is 2.50 bits per heavy atom. The second-order valence-electron chi connectivity index (χ2n) is 5.02. The minimum atomic E-state index is -0.742. The lowest BCUT2D eigenvalue weighted by molar-refractivity contribution is 0.0968. The van der Waals surface area contributed by atoms with Gasteiger partial charge in [0, 0.05) is 6.42 Å². The number of rotatable bonds is 8. The maximum Gasteiger partial charge on any atom is 0.166 e. The van der Waals surface area contributed by atoms with Gasteiger partial charge in [-0.1, -0.05) is 42.5 Å². The molecule has 0 amide bonds. The zero-order chi connectivity index (χ0) is 15.8. The maximum atomic E-state index is 12.4. The number of halogens is 1. The van der Waals surface area contributed by atoms with E-state index in [2.05, 4.69) is 0 Å². The number of aliphatic hydroxyl groups is 1. The summed E-state index contributed by atoms with van der Waals surface area (Å²) in [5.74, 6) is 0.619. The number of carbonyl (C=O) groups excluding carboxylic acids is 1. The van der Waals surface area contributed by atoms with Gasteiger partial charge in [0.2, 0.25) is 0 Å². The number of carbonyl (C=O) groups is 1. The lowest BCUT2D eigenvalue weighted by Crippen LogP contribution is -2.19. The Hall–Kier alpha value is -1.84. The lowest BCUT2D eigenvalue weighted by atomic mass is 10.0. The average Bonchev–Trinajstić information content (AvgIpc) is 2.58. The highest BCUT2D eigenvalue weighted by Crippen LogP contribution is 2.21. The van der Waals surface area contributed by atoms with Crippen LogP contribution < -0.4 is 4.74 Å². The molecule has 1 atom stereocenters. The molecule has 2 aromatic rings. The molecule has 2 aromatic carbocycles. The van der Waals surface area contributed by atoms with Crippen molar-refractivity contribution in [2.75, 3.05) is 12.5 Å². The monoisotopic (exact) mass is 318 g/mol. The van der Waals surface area contributed by atoms with Crippen molar-refractivity contribution in [3.8, 4) is 5.75 Å². The van der Waals surface area contributed by atoms with Gasteiger partial charge in [-0.2, -0.15) is 0 Å². The van der Waals surface area contributed by atoms with Crippen molar-refractivity contribution < 1.29 is 14.6 Å². The van der Waals surface area contributed by atoms with Crippen LogP contribution in [-0.4, -0.2) is 29.5 Å². The number of hydrogen-bond acceptors (Lipinski definition) is 3. The summed E-state index contributed by atoms with van der Waals surface area (Å²) < 4.78 is 5.51. The molecule has 1 N–H and O–H groups in total. The fourth-order valence-electron chi connectivity index (χ4n) is 2.09. The number of ether oxygens (including phenoxy) is 1. The first-order valence-corrected chi connectivity index (χ1v) is 7.77. The molecule has 0 bridgehead atoms. The van der Waals surface area contributed by atoms with Gasteiger partial charge in [-0.15, -0.1) is 11.6 Å². The number of hydrogen-bond donors (Lipinski definition) is 1. The van der Waals surface area contributed by atoms with Crippen molar-refractivity contribution in [1.29, 1.82) is 0 Å². The standard InChI is InChI=1S/C18H19ClO3/c19-12-15(20)13-22-18-9-5-4-8-16(18)17(21)11-10-14-6-2-1-3-7-14/h1-9,15,20H,10-13H2. The number of Topliss-reactive ketones (excluding diaryl/α,β-unsaturated/α-hetero) is 1. The second kappa shape index (κ2) is 8.57. The van der Waals surface area contributed by atoms with Crippen LogP contribution in [-0.2, 0) is 6.42 Å². The van der Waals surface area contributed by atoms with E-state index in [1.165, 1.54) is 0 Å². The minimum Gasteiger partial charge on any atom is -0.490 e. The predicted molar refractivity (Wildman–Crippen MR) is 87.8 cm³/mol. The molecule has 116 valence electrons. The Kier molecular flexibility index (Phi) is 6.44. The number of ketones is 1. The molecule has 0 heterocycles. The summed E-state index contributed by atoms with van der Waals surface area (Å²) in [5.41, 5.74) is 1.67. The van der Waals surface area contributed by atoms with Crippen LogP contribution in [0.5, 0.6) is 5.75 Å². The van der Waals surface area contributed by atoms with E-state index in [4.69, 9.17) is 16.3 Å². The van der Waals surface area contributed by atoms with Crippen LogP contribution in [0.3, 0.4) is 0 Å². The molecule has 4 heteroatoms. The van der Waals surface area contributed by atoms with Gasteiger partial charge in [0.15, 0.2) is 5.78 Å². The quantitative estimate of drug-likeness (QED) is 0.599. The van der Waals surface area contributed by atoms with Gasteiger partial charge in [0.25, 0.3) is 0 Å². The Balaban J connectivity index is 1.99. The van der Waals surface area contributed by atoms with Crippen LogP contribution >= 0.6 is 11.6 Å². The molecule has 2 rings (SSSR count). The van der Waals surface area contributed by atoms with E-state index in [-0.39, 0.29) is 18.3 Å². The van der Waals surface area contributed by atoms with Crippen LogP contribution in [0.1, 0.15) is 22.3 Å². The van der Waals surface area contributed by atoms with E-state index >= 15 is 0 Å². The van der Waals surface area contributed by atoms with E-state index in [0.717, 1.165) is 5.56 Å². The SMILES string of the molecule is O=C(CCc1ccccc1)c1ccccc1OCC(O)CCl. The zero-order valence-corrected chi connectivity index (χ0v) is 13.0. The average molecular weight is 319 g/mol.